The van der Waals surface area contributed by atoms with Gasteiger partial charge in [-0.15, -0.1) is 0 Å². The van der Waals surface area contributed by atoms with E-state index in [1.165, 1.54) is 0 Å². The Morgan fingerprint density at radius 3 is 2.64 bits per heavy atom. The van der Waals surface area contributed by atoms with Crippen molar-refractivity contribution in [2.24, 2.45) is 23.7 Å². The van der Waals surface area contributed by atoms with Gasteiger partial charge in [-0.25, -0.2) is 0 Å². The molecule has 1 fully saturated rings. The summed E-state index contributed by atoms with van der Waals surface area (Å²) in [5.74, 6) is -1.12. The Kier molecular flexibility index (Phi) is 4.60. The number of carbonyl (C=O) groups is 3. The number of ketones is 1. The molecule has 0 aromatic heterocycles. The SMILES string of the molecule is CC1=CC(=O)C2=C(C)C[C@@H](OC(=O)CC(C)C)[C@H]3[C@@H](OC(=O)[C@@H]3C)[C@@H]12. The van der Waals surface area contributed by atoms with Gasteiger partial charge in [0.1, 0.15) is 12.2 Å². The maximum Gasteiger partial charge on any atom is 0.309 e. The highest BCUT2D eigenvalue weighted by molar-refractivity contribution is 6.09. The third-order valence-electron chi connectivity index (χ3n) is 5.59. The molecule has 136 valence electrons. The molecule has 0 radical (unpaired) electrons. The molecule has 3 rings (SSSR count). The highest BCUT2D eigenvalue weighted by Gasteiger charge is 2.55. The molecule has 5 atom stereocenters. The standard InChI is InChI=1S/C20H26O5/c1-9(2)6-15(22)24-14-8-11(4)16-13(21)7-10(3)17(16)19-18(14)12(5)20(23)25-19/h7,9,12,14,17-19H,6,8H2,1-5H3/t12-,14-,17+,18+,19+/m1/s1. The van der Waals surface area contributed by atoms with Crippen LogP contribution in [0.3, 0.4) is 0 Å². The van der Waals surface area contributed by atoms with Crippen LogP contribution in [-0.4, -0.2) is 29.9 Å². The lowest BCUT2D eigenvalue weighted by Gasteiger charge is -2.29. The summed E-state index contributed by atoms with van der Waals surface area (Å²) in [7, 11) is 0. The van der Waals surface area contributed by atoms with Gasteiger partial charge in [0.25, 0.3) is 0 Å². The molecule has 1 saturated heterocycles. The van der Waals surface area contributed by atoms with Gasteiger partial charge in [0.05, 0.1) is 5.92 Å². The van der Waals surface area contributed by atoms with E-state index in [1.807, 2.05) is 34.6 Å². The minimum absolute atomic E-state index is 0.0106. The summed E-state index contributed by atoms with van der Waals surface area (Å²) in [5.41, 5.74) is 2.57. The van der Waals surface area contributed by atoms with Gasteiger partial charge >= 0.3 is 11.9 Å². The number of allylic oxidation sites excluding steroid dienone is 1. The van der Waals surface area contributed by atoms with Crippen molar-refractivity contribution in [2.75, 3.05) is 0 Å². The quantitative estimate of drug-likeness (QED) is 0.735. The number of fused-ring (bicyclic) bond motifs is 3. The fourth-order valence-corrected chi connectivity index (χ4v) is 4.46. The van der Waals surface area contributed by atoms with E-state index in [0.717, 1.165) is 16.7 Å². The molecule has 1 heterocycles. The van der Waals surface area contributed by atoms with Crippen LogP contribution in [0.1, 0.15) is 47.5 Å². The summed E-state index contributed by atoms with van der Waals surface area (Å²) in [5, 5.41) is 0. The van der Waals surface area contributed by atoms with Gasteiger partial charge in [-0.2, -0.15) is 0 Å². The molecule has 0 spiro atoms. The average molecular weight is 346 g/mol. The van der Waals surface area contributed by atoms with Gasteiger partial charge in [-0.3, -0.25) is 14.4 Å². The number of hydrogen-bond acceptors (Lipinski definition) is 5. The van der Waals surface area contributed by atoms with E-state index < -0.39 is 12.2 Å². The highest BCUT2D eigenvalue weighted by Crippen LogP contribution is 2.48. The Bertz CT molecular complexity index is 684. The van der Waals surface area contributed by atoms with Crippen LogP contribution in [0.25, 0.3) is 0 Å². The molecule has 0 saturated carbocycles. The maximum atomic E-state index is 12.4. The van der Waals surface area contributed by atoms with Crippen LogP contribution in [0.4, 0.5) is 0 Å². The normalized spacial score (nSPS) is 34.5. The van der Waals surface area contributed by atoms with E-state index in [9.17, 15) is 14.4 Å². The molecule has 3 aliphatic rings. The van der Waals surface area contributed by atoms with E-state index >= 15 is 0 Å². The Morgan fingerprint density at radius 1 is 1.32 bits per heavy atom. The summed E-state index contributed by atoms with van der Waals surface area (Å²) >= 11 is 0. The van der Waals surface area contributed by atoms with Crippen LogP contribution in [0.15, 0.2) is 22.8 Å². The van der Waals surface area contributed by atoms with Gasteiger partial charge in [0, 0.05) is 30.3 Å². The van der Waals surface area contributed by atoms with Crippen molar-refractivity contribution in [3.63, 3.8) is 0 Å². The summed E-state index contributed by atoms with van der Waals surface area (Å²) in [6.45, 7) is 9.58. The monoisotopic (exact) mass is 346 g/mol. The van der Waals surface area contributed by atoms with Crippen molar-refractivity contribution in [1.29, 1.82) is 0 Å². The summed E-state index contributed by atoms with van der Waals surface area (Å²) in [6, 6.07) is 0. The lowest BCUT2D eigenvalue weighted by Crippen LogP contribution is -2.38. The first kappa shape index (κ1) is 17.9. The molecule has 5 nitrogen and oxygen atoms in total. The first-order valence-electron chi connectivity index (χ1n) is 9.02. The number of esters is 2. The third-order valence-corrected chi connectivity index (χ3v) is 5.59. The lowest BCUT2D eigenvalue weighted by atomic mass is 9.79. The zero-order valence-electron chi connectivity index (χ0n) is 15.5. The van der Waals surface area contributed by atoms with Crippen LogP contribution >= 0.6 is 0 Å². The molecular weight excluding hydrogens is 320 g/mol. The number of hydrogen-bond donors (Lipinski definition) is 0. The van der Waals surface area contributed by atoms with Crippen LogP contribution in [-0.2, 0) is 23.9 Å². The maximum absolute atomic E-state index is 12.4. The molecule has 0 amide bonds. The van der Waals surface area contributed by atoms with E-state index in [1.54, 1.807) is 6.08 Å². The first-order valence-corrected chi connectivity index (χ1v) is 9.02. The smallest absolute Gasteiger partial charge is 0.309 e. The zero-order valence-corrected chi connectivity index (χ0v) is 15.5. The van der Waals surface area contributed by atoms with E-state index in [-0.39, 0.29) is 41.4 Å². The van der Waals surface area contributed by atoms with Crippen LogP contribution < -0.4 is 0 Å². The molecule has 25 heavy (non-hydrogen) atoms. The molecule has 2 aliphatic carbocycles. The summed E-state index contributed by atoms with van der Waals surface area (Å²) < 4.78 is 11.5. The van der Waals surface area contributed by atoms with E-state index in [4.69, 9.17) is 9.47 Å². The Hall–Kier alpha value is -1.91. The molecular formula is C20H26O5. The zero-order chi connectivity index (χ0) is 18.5. The fraction of sp³-hybridized carbons (Fsp3) is 0.650. The average Bonchev–Trinajstić information content (AvgIpc) is 2.89. The molecule has 0 unspecified atom stereocenters. The fourth-order valence-electron chi connectivity index (χ4n) is 4.46. The predicted molar refractivity (Wildman–Crippen MR) is 91.4 cm³/mol. The molecule has 0 bridgehead atoms. The molecule has 0 aromatic carbocycles. The Morgan fingerprint density at radius 2 is 2.00 bits per heavy atom. The van der Waals surface area contributed by atoms with Gasteiger partial charge in [0.2, 0.25) is 0 Å². The van der Waals surface area contributed by atoms with E-state index in [2.05, 4.69) is 0 Å². The summed E-state index contributed by atoms with van der Waals surface area (Å²) in [6.07, 6.45) is 1.59. The van der Waals surface area contributed by atoms with Gasteiger partial charge < -0.3 is 9.47 Å². The van der Waals surface area contributed by atoms with Gasteiger partial charge in [0.15, 0.2) is 5.78 Å². The van der Waals surface area contributed by atoms with Crippen molar-refractivity contribution in [3.05, 3.63) is 22.8 Å². The van der Waals surface area contributed by atoms with Crippen LogP contribution in [0.5, 0.6) is 0 Å². The summed E-state index contributed by atoms with van der Waals surface area (Å²) in [4.78, 5) is 36.9. The van der Waals surface area contributed by atoms with Crippen LogP contribution in [0, 0.1) is 23.7 Å². The third kappa shape index (κ3) is 3.05. The van der Waals surface area contributed by atoms with Gasteiger partial charge in [-0.1, -0.05) is 31.9 Å². The molecule has 5 heteroatoms. The number of carbonyl (C=O) groups excluding carboxylic acids is 3. The first-order chi connectivity index (χ1) is 11.7. The second kappa shape index (κ2) is 6.43. The van der Waals surface area contributed by atoms with Crippen LogP contribution in [0.2, 0.25) is 0 Å². The van der Waals surface area contributed by atoms with Crippen molar-refractivity contribution in [2.45, 2.75) is 59.7 Å². The Balaban J connectivity index is 1.97. The number of rotatable bonds is 3. The second-order valence-electron chi connectivity index (χ2n) is 8.02. The number of ether oxygens (including phenoxy) is 2. The molecule has 1 aliphatic heterocycles. The minimum Gasteiger partial charge on any atom is -0.462 e. The van der Waals surface area contributed by atoms with Crippen molar-refractivity contribution in [1.82, 2.24) is 0 Å². The van der Waals surface area contributed by atoms with Gasteiger partial charge in [-0.05, 0) is 25.8 Å². The predicted octanol–water partition coefficient (Wildman–Crippen LogP) is 2.99. The van der Waals surface area contributed by atoms with Crippen molar-refractivity contribution < 1.29 is 23.9 Å². The van der Waals surface area contributed by atoms with E-state index in [0.29, 0.717) is 12.8 Å². The Labute approximate surface area is 148 Å². The van der Waals surface area contributed by atoms with Crippen molar-refractivity contribution >= 4 is 17.7 Å². The highest BCUT2D eigenvalue weighted by atomic mass is 16.6. The minimum atomic E-state index is -0.436. The lowest BCUT2D eigenvalue weighted by molar-refractivity contribution is -0.154. The topological polar surface area (TPSA) is 69.7 Å². The second-order valence-corrected chi connectivity index (χ2v) is 8.02. The molecule has 0 N–H and O–H groups in total. The van der Waals surface area contributed by atoms with Crippen molar-refractivity contribution in [3.8, 4) is 0 Å². The molecule has 0 aromatic rings. The largest absolute Gasteiger partial charge is 0.462 e.